The molecule has 0 radical (unpaired) electrons. The number of fused-ring (bicyclic) bond motifs is 3. The zero-order chi connectivity index (χ0) is 34.6. The van der Waals surface area contributed by atoms with Gasteiger partial charge in [0.1, 0.15) is 17.3 Å². The van der Waals surface area contributed by atoms with Crippen molar-refractivity contribution in [3.05, 3.63) is 119 Å². The van der Waals surface area contributed by atoms with E-state index in [1.54, 1.807) is 0 Å². The van der Waals surface area contributed by atoms with Gasteiger partial charge >= 0.3 is 0 Å². The molecule has 1 unspecified atom stereocenters. The van der Waals surface area contributed by atoms with Gasteiger partial charge in [0.25, 0.3) is 0 Å². The van der Waals surface area contributed by atoms with E-state index < -0.39 is 0 Å². The van der Waals surface area contributed by atoms with Gasteiger partial charge in [-0.2, -0.15) is 5.10 Å². The van der Waals surface area contributed by atoms with Crippen LogP contribution in [0.2, 0.25) is 0 Å². The van der Waals surface area contributed by atoms with Crippen LogP contribution < -0.4 is 4.74 Å². The lowest BCUT2D eigenvalue weighted by atomic mass is 9.72. The summed E-state index contributed by atoms with van der Waals surface area (Å²) >= 11 is 0. The van der Waals surface area contributed by atoms with Gasteiger partial charge in [-0.05, 0) is 111 Å². The molecule has 3 atom stereocenters. The average Bonchev–Trinajstić information content (AvgIpc) is 3.53. The van der Waals surface area contributed by atoms with Crippen molar-refractivity contribution in [2.24, 2.45) is 17.8 Å². The van der Waals surface area contributed by atoms with Crippen LogP contribution >= 0.6 is 0 Å². The van der Waals surface area contributed by atoms with Gasteiger partial charge in [-0.3, -0.25) is 4.57 Å². The van der Waals surface area contributed by atoms with E-state index in [2.05, 4.69) is 150 Å². The van der Waals surface area contributed by atoms with Crippen LogP contribution in [-0.2, 0) is 6.42 Å². The van der Waals surface area contributed by atoms with Gasteiger partial charge in [-0.15, -0.1) is 0 Å². The number of para-hydroxylation sites is 1. The number of hydrogen-bond acceptors (Lipinski definition) is 3. The van der Waals surface area contributed by atoms with Gasteiger partial charge in [0.15, 0.2) is 0 Å². The number of ether oxygens (including phenoxy) is 1. The van der Waals surface area contributed by atoms with Crippen molar-refractivity contribution in [1.29, 1.82) is 0 Å². The molecule has 5 heteroatoms. The van der Waals surface area contributed by atoms with Crippen LogP contribution in [0.3, 0.4) is 0 Å². The van der Waals surface area contributed by atoms with Crippen molar-refractivity contribution in [2.45, 2.75) is 87.0 Å². The monoisotopic (exact) mass is 650 g/mol. The zero-order valence-electron chi connectivity index (χ0n) is 30.6. The molecule has 1 aliphatic carbocycles. The first-order chi connectivity index (χ1) is 23.5. The number of pyridine rings is 1. The zero-order valence-corrected chi connectivity index (χ0v) is 30.6. The van der Waals surface area contributed by atoms with Crippen LogP contribution in [0.25, 0.3) is 33.3 Å². The Kier molecular flexibility index (Phi) is 8.73. The minimum Gasteiger partial charge on any atom is -0.457 e. The van der Waals surface area contributed by atoms with E-state index in [1.165, 1.54) is 45.2 Å². The molecule has 3 aromatic heterocycles. The molecule has 49 heavy (non-hydrogen) atoms. The molecular formula is C44H50N4O. The highest BCUT2D eigenvalue weighted by Gasteiger charge is 2.31. The molecule has 6 aromatic rings. The Balaban J connectivity index is 1.31. The predicted molar refractivity (Wildman–Crippen MR) is 204 cm³/mol. The Hall–Kier alpha value is -4.64. The molecule has 0 bridgehead atoms. The number of aryl methyl sites for hydroxylation is 1. The van der Waals surface area contributed by atoms with Gasteiger partial charge in [0.05, 0.1) is 22.4 Å². The topological polar surface area (TPSA) is 44.9 Å². The van der Waals surface area contributed by atoms with E-state index in [0.717, 1.165) is 46.2 Å². The van der Waals surface area contributed by atoms with Gasteiger partial charge in [-0.1, -0.05) is 71.4 Å². The summed E-state index contributed by atoms with van der Waals surface area (Å²) in [6.07, 6.45) is 6.61. The fraction of sp³-hybridized carbons (Fsp3) is 0.364. The maximum atomic E-state index is 6.76. The first kappa shape index (κ1) is 32.9. The van der Waals surface area contributed by atoms with Crippen molar-refractivity contribution in [1.82, 2.24) is 19.3 Å². The van der Waals surface area contributed by atoms with E-state index in [9.17, 15) is 0 Å². The fourth-order valence-electron chi connectivity index (χ4n) is 8.36. The van der Waals surface area contributed by atoms with Gasteiger partial charge in [-0.25, -0.2) is 9.67 Å². The molecule has 0 aliphatic heterocycles. The highest BCUT2D eigenvalue weighted by molar-refractivity contribution is 6.09. The Morgan fingerprint density at radius 2 is 1.61 bits per heavy atom. The summed E-state index contributed by atoms with van der Waals surface area (Å²) in [6, 6.07) is 26.0. The molecular weight excluding hydrogens is 601 g/mol. The molecule has 1 aliphatic rings. The van der Waals surface area contributed by atoms with Crippen molar-refractivity contribution in [2.75, 3.05) is 0 Å². The van der Waals surface area contributed by atoms with E-state index in [0.29, 0.717) is 29.6 Å². The fourth-order valence-corrected chi connectivity index (χ4v) is 8.36. The summed E-state index contributed by atoms with van der Waals surface area (Å²) in [5, 5.41) is 7.54. The standard InChI is InChI=1S/C44H50N4O/c1-26(2)18-33-16-17-45-42(21-33)47-40-13-11-10-12-38(40)39-15-14-36(25-41(39)47)49-37-23-34(27(3)4)22-35(24-37)48-32(9)44(31(8)46-48)43-29(6)19-28(5)20-30(43)7/h10-17,19,21-28,30,43H,18,20H2,1-9H3/t28-,30-,43?/m0/s1. The van der Waals surface area contributed by atoms with Crippen LogP contribution in [0.5, 0.6) is 11.5 Å². The molecule has 0 N–H and O–H groups in total. The Morgan fingerprint density at radius 1 is 0.837 bits per heavy atom. The molecule has 7 rings (SSSR count). The van der Waals surface area contributed by atoms with E-state index in [4.69, 9.17) is 14.8 Å². The third-order valence-electron chi connectivity index (χ3n) is 10.4. The molecule has 252 valence electrons. The lowest BCUT2D eigenvalue weighted by Crippen LogP contribution is -2.20. The molecule has 3 aromatic carbocycles. The Morgan fingerprint density at radius 3 is 2.37 bits per heavy atom. The minimum atomic E-state index is 0.331. The lowest BCUT2D eigenvalue weighted by molar-refractivity contribution is 0.390. The number of aromatic nitrogens is 4. The number of nitrogens with zero attached hydrogens (tertiary/aromatic N) is 4. The molecule has 3 heterocycles. The van der Waals surface area contributed by atoms with Crippen LogP contribution in [0.1, 0.15) is 94.8 Å². The second kappa shape index (κ2) is 13.0. The van der Waals surface area contributed by atoms with Crippen molar-refractivity contribution < 1.29 is 4.74 Å². The Labute approximate surface area is 291 Å². The highest BCUT2D eigenvalue weighted by atomic mass is 16.5. The third kappa shape index (κ3) is 6.20. The second-order valence-corrected chi connectivity index (χ2v) is 15.2. The number of benzene rings is 3. The quantitative estimate of drug-likeness (QED) is 0.154. The smallest absolute Gasteiger partial charge is 0.137 e. The van der Waals surface area contributed by atoms with Crippen LogP contribution in [0.15, 0.2) is 90.6 Å². The summed E-state index contributed by atoms with van der Waals surface area (Å²) in [7, 11) is 0. The average molecular weight is 651 g/mol. The summed E-state index contributed by atoms with van der Waals surface area (Å²) in [6.45, 7) is 20.4. The summed E-state index contributed by atoms with van der Waals surface area (Å²) < 4.78 is 11.2. The Bertz CT molecular complexity index is 2200. The second-order valence-electron chi connectivity index (χ2n) is 15.2. The first-order valence-electron chi connectivity index (χ1n) is 18.0. The van der Waals surface area contributed by atoms with E-state index in [1.807, 2.05) is 6.20 Å². The van der Waals surface area contributed by atoms with E-state index >= 15 is 0 Å². The highest BCUT2D eigenvalue weighted by Crippen LogP contribution is 2.43. The maximum absolute atomic E-state index is 6.76. The summed E-state index contributed by atoms with van der Waals surface area (Å²) in [5.41, 5.74) is 10.9. The molecule has 0 amide bonds. The minimum absolute atomic E-state index is 0.331. The number of allylic oxidation sites excluding steroid dienone is 2. The summed E-state index contributed by atoms with van der Waals surface area (Å²) in [5.74, 6) is 5.03. The van der Waals surface area contributed by atoms with E-state index in [-0.39, 0.29) is 0 Å². The first-order valence-corrected chi connectivity index (χ1v) is 18.0. The normalized spacial score (nSPS) is 18.2. The largest absolute Gasteiger partial charge is 0.457 e. The molecule has 5 nitrogen and oxygen atoms in total. The van der Waals surface area contributed by atoms with Crippen LogP contribution in [0, 0.1) is 31.6 Å². The number of hydrogen-bond donors (Lipinski definition) is 0. The van der Waals surface area contributed by atoms with Crippen LogP contribution in [0.4, 0.5) is 0 Å². The molecule has 0 saturated carbocycles. The lowest BCUT2D eigenvalue weighted by Gasteiger charge is -2.32. The van der Waals surface area contributed by atoms with Gasteiger partial charge in [0.2, 0.25) is 0 Å². The molecule has 0 fully saturated rings. The predicted octanol–water partition coefficient (Wildman–Crippen LogP) is 11.8. The van der Waals surface area contributed by atoms with Gasteiger partial charge in [0, 0.05) is 46.3 Å². The van der Waals surface area contributed by atoms with Gasteiger partial charge < -0.3 is 4.74 Å². The van der Waals surface area contributed by atoms with Crippen molar-refractivity contribution in [3.63, 3.8) is 0 Å². The van der Waals surface area contributed by atoms with Crippen molar-refractivity contribution in [3.8, 4) is 23.0 Å². The summed E-state index contributed by atoms with van der Waals surface area (Å²) in [4.78, 5) is 4.85. The maximum Gasteiger partial charge on any atom is 0.137 e. The SMILES string of the molecule is CC1=C[C@H](C)C[C@H](C)C1c1c(C)nn(-c2cc(Oc3ccc4c5ccccc5n(-c5cc(CC(C)C)ccn5)c4c3)cc(C(C)C)c2)c1C. The number of rotatable bonds is 8. The van der Waals surface area contributed by atoms with Crippen LogP contribution in [-0.4, -0.2) is 19.3 Å². The molecule has 0 spiro atoms. The van der Waals surface area contributed by atoms with Crippen molar-refractivity contribution >= 4 is 21.8 Å². The third-order valence-corrected chi connectivity index (χ3v) is 10.4. The molecule has 0 saturated heterocycles.